The molecule has 2 unspecified atom stereocenters. The van der Waals surface area contributed by atoms with Crippen LogP contribution in [0.4, 0.5) is 0 Å². The van der Waals surface area contributed by atoms with Gasteiger partial charge in [0, 0.05) is 0 Å². The fourth-order valence-electron chi connectivity index (χ4n) is 9.25. The Labute approximate surface area is 339 Å². The molecule has 296 valence electrons. The Bertz CT molecular complexity index is 1500. The van der Waals surface area contributed by atoms with E-state index in [1.165, 1.54) is 110 Å². The molecule has 0 N–H and O–H groups in total. The van der Waals surface area contributed by atoms with E-state index in [0.29, 0.717) is 11.8 Å². The molecule has 55 heavy (non-hydrogen) atoms. The van der Waals surface area contributed by atoms with E-state index >= 15 is 0 Å². The summed E-state index contributed by atoms with van der Waals surface area (Å²) in [6.45, 7) is 10.6. The van der Waals surface area contributed by atoms with E-state index in [-0.39, 0.29) is 10.5 Å². The van der Waals surface area contributed by atoms with Crippen molar-refractivity contribution in [2.75, 3.05) is 13.2 Å². The van der Waals surface area contributed by atoms with Crippen molar-refractivity contribution in [1.29, 1.82) is 0 Å². The second kappa shape index (κ2) is 21.9. The fourth-order valence-corrected chi connectivity index (χ4v) is 10.8. The van der Waals surface area contributed by atoms with Gasteiger partial charge in [0.15, 0.2) is 0 Å². The highest BCUT2D eigenvalue weighted by Crippen LogP contribution is 2.49. The average Bonchev–Trinajstić information content (AvgIpc) is 3.23. The lowest BCUT2D eigenvalue weighted by Crippen LogP contribution is -2.13. The van der Waals surface area contributed by atoms with E-state index in [2.05, 4.69) is 137 Å². The maximum absolute atomic E-state index is 6.12. The summed E-state index contributed by atoms with van der Waals surface area (Å²) in [4.78, 5) is 0. The highest BCUT2D eigenvalue weighted by Gasteiger charge is 2.27. The van der Waals surface area contributed by atoms with Crippen LogP contribution in [0.1, 0.15) is 186 Å². The predicted molar refractivity (Wildman–Crippen MR) is 237 cm³/mol. The Morgan fingerprint density at radius 1 is 0.436 bits per heavy atom. The summed E-state index contributed by atoms with van der Waals surface area (Å²) >= 11 is 2.07. The van der Waals surface area contributed by atoms with Crippen LogP contribution < -0.4 is 9.47 Å². The van der Waals surface area contributed by atoms with Gasteiger partial charge >= 0.3 is 0 Å². The summed E-state index contributed by atoms with van der Waals surface area (Å²) in [5.74, 6) is 5.17. The molecular weight excluding hydrogens is 689 g/mol. The van der Waals surface area contributed by atoms with Gasteiger partial charge in [0.2, 0.25) is 0 Å². The molecular formula is C52H70O2S. The van der Waals surface area contributed by atoms with E-state index in [0.717, 1.165) is 62.2 Å². The lowest BCUT2D eigenvalue weighted by Gasteiger charge is -2.30. The summed E-state index contributed by atoms with van der Waals surface area (Å²) in [5, 5.41) is 0.330. The van der Waals surface area contributed by atoms with Crippen LogP contribution in [0.15, 0.2) is 97.1 Å². The van der Waals surface area contributed by atoms with Crippen molar-refractivity contribution in [1.82, 2.24) is 0 Å². The van der Waals surface area contributed by atoms with Gasteiger partial charge in [0.05, 0.1) is 23.7 Å². The van der Waals surface area contributed by atoms with Crippen LogP contribution in [-0.2, 0) is 0 Å². The Hall–Kier alpha value is -3.17. The first-order valence-electron chi connectivity index (χ1n) is 22.4. The van der Waals surface area contributed by atoms with Crippen LogP contribution >= 0.6 is 11.8 Å². The number of benzene rings is 4. The molecule has 4 aromatic carbocycles. The molecule has 4 aromatic rings. The number of rotatable bonds is 20. The Morgan fingerprint density at radius 3 is 1.07 bits per heavy atom. The number of hydrogen-bond donors (Lipinski definition) is 0. The van der Waals surface area contributed by atoms with Gasteiger partial charge < -0.3 is 9.47 Å². The molecule has 0 amide bonds. The van der Waals surface area contributed by atoms with Crippen molar-refractivity contribution in [2.24, 2.45) is 11.8 Å². The van der Waals surface area contributed by atoms with Gasteiger partial charge in [-0.2, -0.15) is 0 Å². The fraction of sp³-hybridized carbons (Fsp3) is 0.538. The minimum atomic E-state index is 0.165. The molecule has 2 aliphatic rings. The van der Waals surface area contributed by atoms with Gasteiger partial charge in [-0.25, -0.2) is 0 Å². The molecule has 2 atom stereocenters. The molecule has 0 heterocycles. The third-order valence-electron chi connectivity index (χ3n) is 12.7. The minimum absolute atomic E-state index is 0.165. The highest BCUT2D eigenvalue weighted by molar-refractivity contribution is 8.00. The third-order valence-corrected chi connectivity index (χ3v) is 14.3. The molecule has 0 saturated heterocycles. The van der Waals surface area contributed by atoms with Gasteiger partial charge in [0.1, 0.15) is 11.5 Å². The molecule has 0 bridgehead atoms. The van der Waals surface area contributed by atoms with Crippen molar-refractivity contribution in [3.63, 3.8) is 0 Å². The molecule has 2 nitrogen and oxygen atoms in total. The molecule has 2 saturated carbocycles. The number of hydrogen-bond acceptors (Lipinski definition) is 3. The highest BCUT2D eigenvalue weighted by atomic mass is 32.2. The van der Waals surface area contributed by atoms with E-state index in [4.69, 9.17) is 9.47 Å². The number of unbranched alkanes of at least 4 members (excludes halogenated alkanes) is 2. The smallest absolute Gasteiger partial charge is 0.119 e. The van der Waals surface area contributed by atoms with E-state index in [1.54, 1.807) is 0 Å². The van der Waals surface area contributed by atoms with E-state index in [9.17, 15) is 0 Å². The summed E-state index contributed by atoms with van der Waals surface area (Å²) in [7, 11) is 0. The van der Waals surface area contributed by atoms with Gasteiger partial charge in [0.25, 0.3) is 0 Å². The summed E-state index contributed by atoms with van der Waals surface area (Å²) in [6.07, 6.45) is 20.7. The zero-order valence-electron chi connectivity index (χ0n) is 34.7. The third kappa shape index (κ3) is 11.9. The number of thioether (sulfide) groups is 1. The van der Waals surface area contributed by atoms with Crippen LogP contribution in [0.25, 0.3) is 0 Å². The molecule has 0 radical (unpaired) electrons. The van der Waals surface area contributed by atoms with Crippen molar-refractivity contribution in [2.45, 2.75) is 153 Å². The topological polar surface area (TPSA) is 18.5 Å². The van der Waals surface area contributed by atoms with Gasteiger partial charge in [-0.05, 0) is 146 Å². The molecule has 0 aromatic heterocycles. The normalized spacial score (nSPS) is 21.2. The van der Waals surface area contributed by atoms with Crippen molar-refractivity contribution < 1.29 is 9.47 Å². The average molecular weight is 759 g/mol. The van der Waals surface area contributed by atoms with Gasteiger partial charge in [-0.15, -0.1) is 11.8 Å². The van der Waals surface area contributed by atoms with Crippen molar-refractivity contribution in [3.05, 3.63) is 130 Å². The second-order valence-electron chi connectivity index (χ2n) is 16.8. The zero-order valence-corrected chi connectivity index (χ0v) is 35.5. The molecule has 0 spiro atoms. The summed E-state index contributed by atoms with van der Waals surface area (Å²) < 4.78 is 12.2. The second-order valence-corrected chi connectivity index (χ2v) is 18.0. The lowest BCUT2D eigenvalue weighted by atomic mass is 9.77. The van der Waals surface area contributed by atoms with Crippen molar-refractivity contribution in [3.8, 4) is 11.5 Å². The molecule has 6 rings (SSSR count). The van der Waals surface area contributed by atoms with E-state index in [1.807, 2.05) is 0 Å². The molecule has 2 aliphatic carbocycles. The Kier molecular flexibility index (Phi) is 16.5. The SMILES string of the molecule is CCCCOc1ccc(C(SC(c2ccc(OCCCC)cc2)c2ccc(C3CCC(CCC)CC3)cc2)c2ccc(C3CCC(CCC)CC3)cc2)cc1. The quantitative estimate of drug-likeness (QED) is 0.0836. The van der Waals surface area contributed by atoms with Crippen LogP contribution in [0.3, 0.4) is 0 Å². The van der Waals surface area contributed by atoms with Crippen LogP contribution in [0, 0.1) is 11.8 Å². The van der Waals surface area contributed by atoms with Gasteiger partial charge in [-0.1, -0.05) is 139 Å². The first-order chi connectivity index (χ1) is 27.1. The molecule has 3 heteroatoms. The zero-order chi connectivity index (χ0) is 38.2. The Balaban J connectivity index is 1.29. The first kappa shape index (κ1) is 41.5. The van der Waals surface area contributed by atoms with Crippen LogP contribution in [0.2, 0.25) is 0 Å². The van der Waals surface area contributed by atoms with Gasteiger partial charge in [-0.3, -0.25) is 0 Å². The summed E-state index contributed by atoms with van der Waals surface area (Å²) in [6, 6.07) is 37.6. The van der Waals surface area contributed by atoms with Crippen LogP contribution in [-0.4, -0.2) is 13.2 Å². The standard InChI is InChI=1S/C52H70O2S/c1-5-9-37-53-49-33-29-47(30-34-49)51(45-25-21-43(22-26-45)41-17-13-39(11-7-3)14-18-41)55-52(48-31-35-50(36-32-48)54-38-10-6-2)46-27-23-44(24-28-46)42-19-15-40(12-8-4)16-20-42/h21-36,39-42,51-52H,5-20,37-38H2,1-4H3. The van der Waals surface area contributed by atoms with Crippen molar-refractivity contribution >= 4 is 11.8 Å². The molecule has 0 aliphatic heterocycles. The largest absolute Gasteiger partial charge is 0.494 e. The Morgan fingerprint density at radius 2 is 0.764 bits per heavy atom. The first-order valence-corrected chi connectivity index (χ1v) is 23.3. The monoisotopic (exact) mass is 759 g/mol. The van der Waals surface area contributed by atoms with Crippen LogP contribution in [0.5, 0.6) is 11.5 Å². The summed E-state index contributed by atoms with van der Waals surface area (Å²) in [5.41, 5.74) is 8.45. The minimum Gasteiger partial charge on any atom is -0.494 e. The van der Waals surface area contributed by atoms with E-state index < -0.39 is 0 Å². The maximum atomic E-state index is 6.12. The number of ether oxygens (including phenoxy) is 2. The predicted octanol–water partition coefficient (Wildman–Crippen LogP) is 15.8. The molecule has 2 fully saturated rings. The maximum Gasteiger partial charge on any atom is 0.119 e. The lowest BCUT2D eigenvalue weighted by molar-refractivity contribution is 0.308.